The number of carbonyl (C=O) groups excluding carboxylic acids is 3. The van der Waals surface area contributed by atoms with E-state index in [1.807, 2.05) is 29.2 Å². The van der Waals surface area contributed by atoms with Gasteiger partial charge in [0.2, 0.25) is 5.91 Å². The summed E-state index contributed by atoms with van der Waals surface area (Å²) < 4.78 is 0. The normalized spacial score (nSPS) is 16.0. The molecular weight excluding hydrogens is 364 g/mol. The molecule has 4 rings (SSSR count). The Morgan fingerprint density at radius 3 is 2.24 bits per heavy atom. The van der Waals surface area contributed by atoms with Crippen LogP contribution in [-0.2, 0) is 4.79 Å². The Hall–Kier alpha value is -2.69. The maximum atomic E-state index is 12.9. The maximum Gasteiger partial charge on any atom is 0.261 e. The van der Waals surface area contributed by atoms with Gasteiger partial charge in [0, 0.05) is 42.1 Å². The van der Waals surface area contributed by atoms with E-state index in [0.29, 0.717) is 35.9 Å². The molecule has 1 aliphatic carbocycles. The lowest BCUT2D eigenvalue weighted by atomic mass is 9.94. The van der Waals surface area contributed by atoms with Gasteiger partial charge in [-0.05, 0) is 49.1 Å². The van der Waals surface area contributed by atoms with Gasteiger partial charge in [-0.3, -0.25) is 19.3 Å². The van der Waals surface area contributed by atoms with E-state index in [1.165, 1.54) is 4.90 Å². The van der Waals surface area contributed by atoms with Gasteiger partial charge in [-0.25, -0.2) is 0 Å². The smallest absolute Gasteiger partial charge is 0.261 e. The fraction of sp³-hybridized carbons (Fsp3) is 0.458. The van der Waals surface area contributed by atoms with Gasteiger partial charge in [-0.2, -0.15) is 0 Å². The highest BCUT2D eigenvalue weighted by atomic mass is 16.2. The van der Waals surface area contributed by atoms with Crippen molar-refractivity contribution >= 4 is 28.5 Å². The summed E-state index contributed by atoms with van der Waals surface area (Å²) in [6.07, 6.45) is 4.06. The lowest BCUT2D eigenvalue weighted by Gasteiger charge is -2.28. The van der Waals surface area contributed by atoms with Crippen LogP contribution >= 0.6 is 0 Å². The molecule has 0 atom stereocenters. The van der Waals surface area contributed by atoms with Crippen LogP contribution in [0.4, 0.5) is 0 Å². The highest BCUT2D eigenvalue weighted by Crippen LogP contribution is 2.31. The van der Waals surface area contributed by atoms with Crippen LogP contribution in [0.25, 0.3) is 10.8 Å². The van der Waals surface area contributed by atoms with Gasteiger partial charge in [-0.15, -0.1) is 0 Å². The number of carbonyl (C=O) groups is 3. The molecule has 152 valence electrons. The van der Waals surface area contributed by atoms with E-state index in [2.05, 4.69) is 13.8 Å². The summed E-state index contributed by atoms with van der Waals surface area (Å²) in [5.41, 5.74) is 1.14. The van der Waals surface area contributed by atoms with Crippen LogP contribution in [0.5, 0.6) is 0 Å². The van der Waals surface area contributed by atoms with Crippen molar-refractivity contribution in [3.63, 3.8) is 0 Å². The largest absolute Gasteiger partial charge is 0.340 e. The summed E-state index contributed by atoms with van der Waals surface area (Å²) in [7, 11) is 0. The van der Waals surface area contributed by atoms with Crippen molar-refractivity contribution in [2.45, 2.75) is 52.0 Å². The van der Waals surface area contributed by atoms with Crippen LogP contribution in [0.15, 0.2) is 36.4 Å². The predicted octanol–water partition coefficient (Wildman–Crippen LogP) is 4.25. The number of amides is 3. The molecule has 0 bridgehead atoms. The molecule has 1 heterocycles. The van der Waals surface area contributed by atoms with Gasteiger partial charge in [0.05, 0.1) is 0 Å². The van der Waals surface area contributed by atoms with Gasteiger partial charge in [0.15, 0.2) is 0 Å². The van der Waals surface area contributed by atoms with Crippen molar-refractivity contribution in [3.8, 4) is 0 Å². The molecule has 0 N–H and O–H groups in total. The highest BCUT2D eigenvalue weighted by Gasteiger charge is 2.34. The van der Waals surface area contributed by atoms with Crippen LogP contribution in [0.1, 0.15) is 66.7 Å². The molecule has 0 spiro atoms. The van der Waals surface area contributed by atoms with Crippen LogP contribution in [0, 0.1) is 5.92 Å². The van der Waals surface area contributed by atoms with Crippen molar-refractivity contribution in [1.82, 2.24) is 9.80 Å². The highest BCUT2D eigenvalue weighted by molar-refractivity contribution is 6.25. The summed E-state index contributed by atoms with van der Waals surface area (Å²) >= 11 is 0. The summed E-state index contributed by atoms with van der Waals surface area (Å²) in [6, 6.07) is 11.5. The van der Waals surface area contributed by atoms with E-state index in [9.17, 15) is 14.4 Å². The zero-order valence-corrected chi connectivity index (χ0v) is 17.2. The van der Waals surface area contributed by atoms with E-state index in [-0.39, 0.29) is 24.3 Å². The zero-order chi connectivity index (χ0) is 20.5. The number of nitrogens with zero attached hydrogens (tertiary/aromatic N) is 2. The van der Waals surface area contributed by atoms with Gasteiger partial charge in [-0.1, -0.05) is 38.1 Å². The standard InChI is InChI=1S/C24H28N2O3/c1-16(2)13-15-25(18-11-12-18)21(27)10-5-14-26-23(28)19-8-3-6-17-7-4-9-20(22(17)19)24(26)29/h3-4,6-9,16,18H,5,10-15H2,1-2H3. The minimum atomic E-state index is -0.259. The van der Waals surface area contributed by atoms with Crippen molar-refractivity contribution in [2.75, 3.05) is 13.1 Å². The first-order valence-corrected chi connectivity index (χ1v) is 10.6. The number of hydrogen-bond donors (Lipinski definition) is 0. The monoisotopic (exact) mass is 392 g/mol. The van der Waals surface area contributed by atoms with Crippen molar-refractivity contribution in [3.05, 3.63) is 47.5 Å². The average molecular weight is 392 g/mol. The van der Waals surface area contributed by atoms with E-state index >= 15 is 0 Å². The third-order valence-corrected chi connectivity index (χ3v) is 5.88. The second-order valence-corrected chi connectivity index (χ2v) is 8.58. The van der Waals surface area contributed by atoms with Crippen LogP contribution in [-0.4, -0.2) is 46.7 Å². The molecule has 3 amide bonds. The minimum absolute atomic E-state index is 0.146. The van der Waals surface area contributed by atoms with E-state index in [4.69, 9.17) is 0 Å². The average Bonchev–Trinajstić information content (AvgIpc) is 3.53. The van der Waals surface area contributed by atoms with Crippen LogP contribution in [0.2, 0.25) is 0 Å². The van der Waals surface area contributed by atoms with Gasteiger partial charge in [0.1, 0.15) is 0 Å². The maximum absolute atomic E-state index is 12.9. The molecule has 29 heavy (non-hydrogen) atoms. The Bertz CT molecular complexity index is 911. The van der Waals surface area contributed by atoms with E-state index < -0.39 is 0 Å². The number of hydrogen-bond acceptors (Lipinski definition) is 3. The van der Waals surface area contributed by atoms with Gasteiger partial charge < -0.3 is 4.90 Å². The van der Waals surface area contributed by atoms with Crippen molar-refractivity contribution in [2.24, 2.45) is 5.92 Å². The molecule has 1 saturated carbocycles. The molecule has 0 aromatic heterocycles. The first-order valence-electron chi connectivity index (χ1n) is 10.6. The molecule has 0 unspecified atom stereocenters. The Morgan fingerprint density at radius 2 is 1.69 bits per heavy atom. The second kappa shape index (κ2) is 7.97. The van der Waals surface area contributed by atoms with Gasteiger partial charge >= 0.3 is 0 Å². The summed E-state index contributed by atoms with van der Waals surface area (Å²) in [5.74, 6) is 0.194. The second-order valence-electron chi connectivity index (χ2n) is 8.58. The number of imide groups is 1. The third-order valence-electron chi connectivity index (χ3n) is 5.88. The van der Waals surface area contributed by atoms with E-state index in [1.54, 1.807) is 12.1 Å². The summed E-state index contributed by atoms with van der Waals surface area (Å²) in [6.45, 7) is 5.41. The number of benzene rings is 2. The Morgan fingerprint density at radius 1 is 1.07 bits per heavy atom. The Kier molecular flexibility index (Phi) is 5.39. The molecule has 1 fully saturated rings. The lowest BCUT2D eigenvalue weighted by molar-refractivity contribution is -0.132. The van der Waals surface area contributed by atoms with Crippen LogP contribution < -0.4 is 0 Å². The molecular formula is C24H28N2O3. The summed E-state index contributed by atoms with van der Waals surface area (Å²) in [4.78, 5) is 41.9. The topological polar surface area (TPSA) is 57.7 Å². The molecule has 5 nitrogen and oxygen atoms in total. The van der Waals surface area contributed by atoms with Gasteiger partial charge in [0.25, 0.3) is 11.8 Å². The molecule has 5 heteroatoms. The third kappa shape index (κ3) is 3.91. The molecule has 0 saturated heterocycles. The molecule has 2 aliphatic rings. The van der Waals surface area contributed by atoms with Crippen molar-refractivity contribution < 1.29 is 14.4 Å². The predicted molar refractivity (Wildman–Crippen MR) is 113 cm³/mol. The molecule has 2 aromatic rings. The Balaban J connectivity index is 1.42. The first-order chi connectivity index (χ1) is 14.0. The first kappa shape index (κ1) is 19.6. The lowest BCUT2D eigenvalue weighted by Crippen LogP contribution is -2.41. The molecule has 2 aromatic carbocycles. The fourth-order valence-corrected chi connectivity index (χ4v) is 4.11. The Labute approximate surface area is 171 Å². The SMILES string of the molecule is CC(C)CCN(C(=O)CCCN1C(=O)c2cccc3cccc(c23)C1=O)C1CC1. The fourth-order valence-electron chi connectivity index (χ4n) is 4.11. The van der Waals surface area contributed by atoms with Crippen molar-refractivity contribution in [1.29, 1.82) is 0 Å². The molecule has 1 aliphatic heterocycles. The van der Waals surface area contributed by atoms with E-state index in [0.717, 1.165) is 36.6 Å². The van der Waals surface area contributed by atoms with Crippen LogP contribution in [0.3, 0.4) is 0 Å². The molecule has 0 radical (unpaired) electrons. The zero-order valence-electron chi connectivity index (χ0n) is 17.2. The minimum Gasteiger partial charge on any atom is -0.340 e. The number of rotatable bonds is 8. The summed E-state index contributed by atoms with van der Waals surface area (Å²) in [5, 5.41) is 1.65. The quantitative estimate of drug-likeness (QED) is 0.631.